The number of hydrogen-bond acceptors (Lipinski definition) is 3. The fourth-order valence-corrected chi connectivity index (χ4v) is 4.85. The molecule has 0 bridgehead atoms. The molecule has 0 unspecified atom stereocenters. The number of carbonyl (C=O) groups excluding carboxylic acids is 2. The zero-order chi connectivity index (χ0) is 24.9. The first-order valence-corrected chi connectivity index (χ1v) is 13.6. The molecule has 0 aliphatic rings. The van der Waals surface area contributed by atoms with E-state index in [9.17, 15) is 9.59 Å². The van der Waals surface area contributed by atoms with Crippen LogP contribution in [0.5, 0.6) is 0 Å². The predicted molar refractivity (Wildman–Crippen MR) is 146 cm³/mol. The third-order valence-corrected chi connectivity index (χ3v) is 7.09. The molecule has 0 spiro atoms. The maximum atomic E-state index is 13.6. The Hall–Kier alpha value is -2.76. The van der Waals surface area contributed by atoms with E-state index in [1.54, 1.807) is 16.7 Å². The molecule has 0 fully saturated rings. The molecule has 0 aliphatic heterocycles. The fraction of sp³-hybridized carbons (Fsp3) is 0.310. The summed E-state index contributed by atoms with van der Waals surface area (Å²) in [5, 5.41) is 3.64. The van der Waals surface area contributed by atoms with Gasteiger partial charge >= 0.3 is 0 Å². The van der Waals surface area contributed by atoms with Crippen molar-refractivity contribution in [3.8, 4) is 0 Å². The Bertz CT molecular complexity index is 1060. The topological polar surface area (TPSA) is 49.4 Å². The number of rotatable bonds is 13. The van der Waals surface area contributed by atoms with Crippen LogP contribution in [0.15, 0.2) is 84.9 Å². The van der Waals surface area contributed by atoms with Gasteiger partial charge in [-0.25, -0.2) is 0 Å². The van der Waals surface area contributed by atoms with Crippen molar-refractivity contribution in [2.24, 2.45) is 0 Å². The molecule has 0 aliphatic carbocycles. The van der Waals surface area contributed by atoms with E-state index < -0.39 is 6.04 Å². The highest BCUT2D eigenvalue weighted by Crippen LogP contribution is 2.22. The van der Waals surface area contributed by atoms with Crippen LogP contribution in [-0.4, -0.2) is 35.1 Å². The van der Waals surface area contributed by atoms with E-state index in [1.807, 2.05) is 72.8 Å². The van der Waals surface area contributed by atoms with E-state index in [2.05, 4.69) is 24.4 Å². The monoisotopic (exact) mass is 508 g/mol. The molecule has 1 atom stereocenters. The zero-order valence-electron chi connectivity index (χ0n) is 20.2. The molecular weight excluding hydrogens is 476 g/mol. The summed E-state index contributed by atoms with van der Waals surface area (Å²) < 4.78 is 0. The van der Waals surface area contributed by atoms with Gasteiger partial charge in [-0.3, -0.25) is 9.59 Å². The zero-order valence-corrected chi connectivity index (χ0v) is 21.7. The minimum Gasteiger partial charge on any atom is -0.354 e. The summed E-state index contributed by atoms with van der Waals surface area (Å²) in [5.74, 6) is 0.819. The molecule has 6 heteroatoms. The molecule has 0 aromatic heterocycles. The number of hydrogen-bond donors (Lipinski definition) is 1. The highest BCUT2D eigenvalue weighted by molar-refractivity contribution is 7.99. The molecule has 0 radical (unpaired) electrons. The van der Waals surface area contributed by atoms with E-state index in [-0.39, 0.29) is 24.1 Å². The Balaban J connectivity index is 1.84. The predicted octanol–water partition coefficient (Wildman–Crippen LogP) is 6.13. The summed E-state index contributed by atoms with van der Waals surface area (Å²) in [6, 6.07) is 26.8. The second kappa shape index (κ2) is 14.6. The third kappa shape index (κ3) is 8.75. The van der Waals surface area contributed by atoms with Gasteiger partial charge in [0.25, 0.3) is 0 Å². The fourth-order valence-electron chi connectivity index (χ4n) is 3.78. The maximum absolute atomic E-state index is 13.6. The minimum absolute atomic E-state index is 0.0718. The lowest BCUT2D eigenvalue weighted by Gasteiger charge is -2.32. The van der Waals surface area contributed by atoms with Crippen molar-refractivity contribution in [1.29, 1.82) is 0 Å². The summed E-state index contributed by atoms with van der Waals surface area (Å²) >= 11 is 8.02. The molecule has 0 heterocycles. The molecule has 35 heavy (non-hydrogen) atoms. The van der Waals surface area contributed by atoms with Crippen LogP contribution < -0.4 is 5.32 Å². The van der Waals surface area contributed by atoms with Crippen molar-refractivity contribution in [3.63, 3.8) is 0 Å². The first-order chi connectivity index (χ1) is 17.1. The minimum atomic E-state index is -0.629. The van der Waals surface area contributed by atoms with Gasteiger partial charge in [-0.1, -0.05) is 104 Å². The van der Waals surface area contributed by atoms with Crippen LogP contribution in [-0.2, 0) is 28.3 Å². The number of unbranched alkanes of at least 4 members (excludes halogenated alkanes) is 1. The number of thioether (sulfide) groups is 1. The highest BCUT2D eigenvalue weighted by Gasteiger charge is 2.30. The van der Waals surface area contributed by atoms with Crippen LogP contribution in [0.2, 0.25) is 5.02 Å². The van der Waals surface area contributed by atoms with E-state index in [4.69, 9.17) is 11.6 Å². The molecule has 3 aromatic carbocycles. The van der Waals surface area contributed by atoms with Crippen LogP contribution in [0.25, 0.3) is 0 Å². The Labute approximate surface area is 218 Å². The van der Waals surface area contributed by atoms with Gasteiger partial charge < -0.3 is 10.2 Å². The second-order valence-corrected chi connectivity index (χ2v) is 9.83. The van der Waals surface area contributed by atoms with Crippen molar-refractivity contribution >= 4 is 35.2 Å². The van der Waals surface area contributed by atoms with Crippen LogP contribution in [0.4, 0.5) is 0 Å². The van der Waals surface area contributed by atoms with Crippen molar-refractivity contribution in [2.75, 3.05) is 12.3 Å². The van der Waals surface area contributed by atoms with E-state index >= 15 is 0 Å². The summed E-state index contributed by atoms with van der Waals surface area (Å²) in [7, 11) is 0. The van der Waals surface area contributed by atoms with Gasteiger partial charge in [-0.2, -0.15) is 0 Å². The van der Waals surface area contributed by atoms with Gasteiger partial charge in [-0.15, -0.1) is 11.8 Å². The average molecular weight is 509 g/mol. The van der Waals surface area contributed by atoms with Crippen molar-refractivity contribution in [3.05, 3.63) is 107 Å². The third-order valence-electron chi connectivity index (χ3n) is 5.74. The lowest BCUT2D eigenvalue weighted by molar-refractivity contribution is -0.139. The number of nitrogens with zero attached hydrogens (tertiary/aromatic N) is 1. The summed E-state index contributed by atoms with van der Waals surface area (Å²) in [6.07, 6.45) is 2.33. The number of carbonyl (C=O) groups is 2. The Kier molecular flexibility index (Phi) is 11.2. The molecule has 2 amide bonds. The van der Waals surface area contributed by atoms with Crippen molar-refractivity contribution in [2.45, 2.75) is 44.5 Å². The number of benzene rings is 3. The van der Waals surface area contributed by atoms with Crippen LogP contribution in [0, 0.1) is 0 Å². The lowest BCUT2D eigenvalue weighted by atomic mass is 10.0. The number of halogens is 1. The average Bonchev–Trinajstić information content (AvgIpc) is 2.88. The SMILES string of the molecule is CCCCNC(=O)[C@H](Cc1ccccc1)N(Cc1ccccc1Cl)C(=O)CSCc1ccccc1. The van der Waals surface area contributed by atoms with E-state index in [1.165, 1.54) is 5.56 Å². The first-order valence-electron chi connectivity index (χ1n) is 12.0. The van der Waals surface area contributed by atoms with Gasteiger partial charge in [-0.05, 0) is 29.2 Å². The molecule has 3 aromatic rings. The smallest absolute Gasteiger partial charge is 0.243 e. The Morgan fingerprint density at radius 2 is 1.54 bits per heavy atom. The van der Waals surface area contributed by atoms with Gasteiger partial charge in [0.15, 0.2) is 0 Å². The molecule has 184 valence electrons. The van der Waals surface area contributed by atoms with Gasteiger partial charge in [0.05, 0.1) is 5.75 Å². The van der Waals surface area contributed by atoms with Crippen molar-refractivity contribution in [1.82, 2.24) is 10.2 Å². The second-order valence-electron chi connectivity index (χ2n) is 8.44. The first kappa shape index (κ1) is 26.8. The molecule has 0 saturated carbocycles. The van der Waals surface area contributed by atoms with E-state index in [0.717, 1.165) is 29.7 Å². The number of amides is 2. The summed E-state index contributed by atoms with van der Waals surface area (Å²) in [4.78, 5) is 28.7. The number of nitrogens with one attached hydrogen (secondary N) is 1. The van der Waals surface area contributed by atoms with Crippen LogP contribution >= 0.6 is 23.4 Å². The largest absolute Gasteiger partial charge is 0.354 e. The summed E-state index contributed by atoms with van der Waals surface area (Å²) in [6.45, 7) is 2.96. The normalized spacial score (nSPS) is 11.6. The van der Waals surface area contributed by atoms with Gasteiger partial charge in [0.1, 0.15) is 6.04 Å². The van der Waals surface area contributed by atoms with Crippen molar-refractivity contribution < 1.29 is 9.59 Å². The summed E-state index contributed by atoms with van der Waals surface area (Å²) in [5.41, 5.74) is 3.01. The molecular formula is C29H33ClN2O2S. The highest BCUT2D eigenvalue weighted by atomic mass is 35.5. The molecule has 1 N–H and O–H groups in total. The van der Waals surface area contributed by atoms with Gasteiger partial charge in [0.2, 0.25) is 11.8 Å². The van der Waals surface area contributed by atoms with Crippen LogP contribution in [0.3, 0.4) is 0 Å². The van der Waals surface area contributed by atoms with Crippen LogP contribution in [0.1, 0.15) is 36.5 Å². The van der Waals surface area contributed by atoms with E-state index in [0.29, 0.717) is 18.0 Å². The molecule has 4 nitrogen and oxygen atoms in total. The van der Waals surface area contributed by atoms with Gasteiger partial charge in [0, 0.05) is 30.3 Å². The maximum Gasteiger partial charge on any atom is 0.243 e. The Morgan fingerprint density at radius 3 is 2.20 bits per heavy atom. The molecule has 3 rings (SSSR count). The lowest BCUT2D eigenvalue weighted by Crippen LogP contribution is -2.51. The Morgan fingerprint density at radius 1 is 0.914 bits per heavy atom. The molecule has 0 saturated heterocycles. The standard InChI is InChI=1S/C29H33ClN2O2S/c1-2-3-18-31-29(34)27(19-23-12-6-4-7-13-23)32(20-25-16-10-11-17-26(25)30)28(33)22-35-21-24-14-8-5-9-15-24/h4-17,27H,2-3,18-22H2,1H3,(H,31,34)/t27-/m0/s1. The quantitative estimate of drug-likeness (QED) is 0.282.